The van der Waals surface area contributed by atoms with Crippen molar-refractivity contribution < 1.29 is 83.1 Å². The van der Waals surface area contributed by atoms with E-state index in [2.05, 4.69) is 13.2 Å². The summed E-state index contributed by atoms with van der Waals surface area (Å²) in [4.78, 5) is 1.18. The van der Waals surface area contributed by atoms with Gasteiger partial charge in [-0.3, -0.25) is 0 Å². The fourth-order valence-electron chi connectivity index (χ4n) is 2.30. The van der Waals surface area contributed by atoms with E-state index in [4.69, 9.17) is 0 Å². The van der Waals surface area contributed by atoms with Gasteiger partial charge in [-0.1, -0.05) is 18.2 Å². The summed E-state index contributed by atoms with van der Waals surface area (Å²) in [5.74, 6) is -51.7. The summed E-state index contributed by atoms with van der Waals surface area (Å²) in [6, 6.07) is 0. The summed E-state index contributed by atoms with van der Waals surface area (Å²) >= 11 is 0. The van der Waals surface area contributed by atoms with Crippen LogP contribution in [0.5, 0.6) is 0 Å². The molecule has 0 saturated heterocycles. The number of sulfonamides is 1. The normalized spacial score (nSPS) is 15.5. The molecule has 39 heavy (non-hydrogen) atoms. The predicted octanol–water partition coefficient (Wildman–Crippen LogP) is 6.06. The third kappa shape index (κ3) is 5.80. The molecule has 0 heterocycles. The van der Waals surface area contributed by atoms with Crippen LogP contribution in [0, 0.1) is 0 Å². The van der Waals surface area contributed by atoms with Crippen molar-refractivity contribution in [2.75, 3.05) is 19.6 Å². The van der Waals surface area contributed by atoms with Crippen LogP contribution in [0.3, 0.4) is 0 Å². The molecular formula is C17H15F17N2O2S. The van der Waals surface area contributed by atoms with Crippen LogP contribution in [-0.4, -0.2) is 79.9 Å². The molecule has 0 amide bonds. The van der Waals surface area contributed by atoms with Gasteiger partial charge < -0.3 is 4.90 Å². The summed E-state index contributed by atoms with van der Waals surface area (Å²) in [7, 11) is -7.33. The van der Waals surface area contributed by atoms with Crippen molar-refractivity contribution in [1.82, 2.24) is 9.62 Å². The lowest BCUT2D eigenvalue weighted by atomic mass is 9.91. The zero-order valence-electron chi connectivity index (χ0n) is 18.4. The molecule has 0 aliphatic carbocycles. The van der Waals surface area contributed by atoms with Crippen LogP contribution in [0.4, 0.5) is 74.6 Å². The molecule has 0 aliphatic heterocycles. The quantitative estimate of drug-likeness (QED) is 0.176. The summed E-state index contributed by atoms with van der Waals surface area (Å²) < 4.78 is 248. The Hall–Kier alpha value is -2.26. The monoisotopic (exact) mass is 634 g/mol. The molecule has 0 radical (unpaired) electrons. The van der Waals surface area contributed by atoms with E-state index in [-0.39, 0.29) is 13.1 Å². The molecule has 0 aliphatic rings. The SMILES string of the molecule is C=CCN(C=CCNS(=O)(=O)C(F)(F)C(F)(F)C(F)(F)C(F)(F)C(F)(F)C(F)(F)C(F)(F)C(F)(F)F)CC=C. The first-order valence-corrected chi connectivity index (χ1v) is 10.8. The maximum Gasteiger partial charge on any atom is 0.460 e. The topological polar surface area (TPSA) is 49.4 Å². The zero-order valence-corrected chi connectivity index (χ0v) is 19.3. The number of rotatable bonds is 15. The van der Waals surface area contributed by atoms with Crippen molar-refractivity contribution in [3.8, 4) is 0 Å². The van der Waals surface area contributed by atoms with E-state index < -0.39 is 63.5 Å². The first kappa shape index (κ1) is 36.7. The van der Waals surface area contributed by atoms with Crippen LogP contribution in [0.15, 0.2) is 37.6 Å². The molecule has 0 rings (SSSR count). The Kier molecular flexibility index (Phi) is 10.3. The molecule has 0 saturated carbocycles. The van der Waals surface area contributed by atoms with E-state index in [1.54, 1.807) is 0 Å². The molecule has 0 atom stereocenters. The van der Waals surface area contributed by atoms with E-state index >= 15 is 0 Å². The van der Waals surface area contributed by atoms with Crippen molar-refractivity contribution in [1.29, 1.82) is 0 Å². The van der Waals surface area contributed by atoms with Crippen molar-refractivity contribution in [2.45, 2.75) is 47.0 Å². The predicted molar refractivity (Wildman–Crippen MR) is 98.7 cm³/mol. The van der Waals surface area contributed by atoms with E-state index in [0.29, 0.717) is 10.8 Å². The van der Waals surface area contributed by atoms with Crippen molar-refractivity contribution in [3.63, 3.8) is 0 Å². The highest BCUT2D eigenvalue weighted by Crippen LogP contribution is 2.64. The standard InChI is InChI=1S/C17H15F17N2O2S/c1-3-7-36(8-4-2)9-5-6-35-39(37,38)17(33,34)15(28,29)13(24,25)11(20,21)10(18,19)12(22,23)14(26,27)16(30,31)32/h3-5,9,35H,1-2,6-8H2. The van der Waals surface area contributed by atoms with Gasteiger partial charge in [-0.15, -0.1) is 13.2 Å². The first-order valence-electron chi connectivity index (χ1n) is 9.32. The lowest BCUT2D eigenvalue weighted by Gasteiger charge is -2.42. The van der Waals surface area contributed by atoms with Gasteiger partial charge in [0.05, 0.1) is 0 Å². The second-order valence-electron chi connectivity index (χ2n) is 7.23. The highest BCUT2D eigenvalue weighted by atomic mass is 32.2. The van der Waals surface area contributed by atoms with Gasteiger partial charge in [-0.2, -0.15) is 74.6 Å². The molecule has 22 heteroatoms. The van der Waals surface area contributed by atoms with Crippen LogP contribution >= 0.6 is 0 Å². The second kappa shape index (κ2) is 11.0. The molecule has 0 spiro atoms. The molecule has 0 bridgehead atoms. The van der Waals surface area contributed by atoms with E-state index in [0.717, 1.165) is 6.20 Å². The maximum atomic E-state index is 13.9. The summed E-state index contributed by atoms with van der Waals surface area (Å²) in [5.41, 5.74) is 0. The maximum absolute atomic E-state index is 13.9. The number of nitrogens with one attached hydrogen (secondary N) is 1. The Bertz CT molecular complexity index is 1010. The zero-order chi connectivity index (χ0) is 31.7. The van der Waals surface area contributed by atoms with Crippen LogP contribution in [0.25, 0.3) is 0 Å². The number of alkyl halides is 17. The molecule has 0 aromatic heterocycles. The number of nitrogens with zero attached hydrogens (tertiary/aromatic N) is 1. The third-order valence-corrected chi connectivity index (χ3v) is 5.94. The molecule has 0 aromatic carbocycles. The highest BCUT2D eigenvalue weighted by molar-refractivity contribution is 7.90. The molecule has 230 valence electrons. The Labute approximate surface area is 207 Å². The fraction of sp³-hybridized carbons (Fsp3) is 0.647. The van der Waals surface area contributed by atoms with Crippen molar-refractivity contribution in [2.24, 2.45) is 0 Å². The lowest BCUT2D eigenvalue weighted by Crippen LogP contribution is -2.75. The molecule has 0 fully saturated rings. The molecule has 0 unspecified atom stereocenters. The van der Waals surface area contributed by atoms with Gasteiger partial charge in [0.25, 0.3) is 10.0 Å². The van der Waals surface area contributed by atoms with E-state index in [1.807, 2.05) is 0 Å². The number of halogens is 17. The number of hydrogen-bond acceptors (Lipinski definition) is 3. The van der Waals surface area contributed by atoms with Crippen molar-refractivity contribution in [3.05, 3.63) is 37.6 Å². The molecule has 4 nitrogen and oxygen atoms in total. The van der Waals surface area contributed by atoms with Crippen LogP contribution < -0.4 is 4.72 Å². The van der Waals surface area contributed by atoms with E-state index in [9.17, 15) is 83.1 Å². The van der Waals surface area contributed by atoms with E-state index in [1.165, 1.54) is 17.1 Å². The van der Waals surface area contributed by atoms with Gasteiger partial charge in [0.1, 0.15) is 0 Å². The minimum Gasteiger partial charge on any atom is -0.370 e. The lowest BCUT2D eigenvalue weighted by molar-refractivity contribution is -0.458. The minimum absolute atomic E-state index is 0.0307. The largest absolute Gasteiger partial charge is 0.460 e. The molecule has 0 aromatic rings. The summed E-state index contributed by atoms with van der Waals surface area (Å²) in [6.45, 7) is 4.98. The second-order valence-corrected chi connectivity index (χ2v) is 9.04. The summed E-state index contributed by atoms with van der Waals surface area (Å²) in [6.07, 6.45) is -4.06. The average molecular weight is 634 g/mol. The smallest absolute Gasteiger partial charge is 0.370 e. The Morgan fingerprint density at radius 1 is 0.590 bits per heavy atom. The fourth-order valence-corrected chi connectivity index (χ4v) is 3.26. The van der Waals surface area contributed by atoms with Crippen LogP contribution in [-0.2, 0) is 10.0 Å². The van der Waals surface area contributed by atoms with Gasteiger partial charge in [0, 0.05) is 19.6 Å². The van der Waals surface area contributed by atoms with Gasteiger partial charge >= 0.3 is 47.0 Å². The van der Waals surface area contributed by atoms with Gasteiger partial charge in [-0.25, -0.2) is 13.1 Å². The molecular weight excluding hydrogens is 619 g/mol. The van der Waals surface area contributed by atoms with Crippen LogP contribution in [0.2, 0.25) is 0 Å². The van der Waals surface area contributed by atoms with Crippen molar-refractivity contribution >= 4 is 10.0 Å². The molecule has 1 N–H and O–H groups in total. The average Bonchev–Trinajstić information content (AvgIpc) is 2.75. The summed E-state index contributed by atoms with van der Waals surface area (Å²) in [5, 5.41) is -7.60. The first-order chi connectivity index (χ1) is 17.0. The number of hydrogen-bond donors (Lipinski definition) is 1. The minimum atomic E-state index is -8.86. The van der Waals surface area contributed by atoms with Gasteiger partial charge in [-0.05, 0) is 6.20 Å². The van der Waals surface area contributed by atoms with Gasteiger partial charge in [0.2, 0.25) is 0 Å². The van der Waals surface area contributed by atoms with Crippen LogP contribution in [0.1, 0.15) is 0 Å². The third-order valence-electron chi connectivity index (χ3n) is 4.47. The Balaban J connectivity index is 6.51. The highest BCUT2D eigenvalue weighted by Gasteiger charge is 2.96. The Morgan fingerprint density at radius 2 is 0.923 bits per heavy atom. The Morgan fingerprint density at radius 3 is 1.26 bits per heavy atom. The van der Waals surface area contributed by atoms with Gasteiger partial charge in [0.15, 0.2) is 0 Å².